The lowest BCUT2D eigenvalue weighted by atomic mass is 9.64. The lowest BCUT2D eigenvalue weighted by Crippen LogP contribution is -2.46. The molecular weight excluding hydrogens is 222 g/mol. The first-order valence-electron chi connectivity index (χ1n) is 7.00. The van der Waals surface area contributed by atoms with Crippen LogP contribution in [-0.4, -0.2) is 17.5 Å². The first-order chi connectivity index (χ1) is 7.89. The van der Waals surface area contributed by atoms with Gasteiger partial charge in [-0.1, -0.05) is 27.7 Å². The normalized spacial score (nSPS) is 24.9. The molecule has 0 aromatic heterocycles. The Balaban J connectivity index is 2.75. The summed E-state index contributed by atoms with van der Waals surface area (Å²) >= 11 is 0. The number of nitrogens with zero attached hydrogens (tertiary/aromatic N) is 1. The molecule has 106 valence electrons. The van der Waals surface area contributed by atoms with E-state index in [9.17, 15) is 0 Å². The first-order valence-corrected chi connectivity index (χ1v) is 7.00. The Bertz CT molecular complexity index is 305. The molecule has 3 nitrogen and oxygen atoms in total. The van der Waals surface area contributed by atoms with E-state index in [-0.39, 0.29) is 5.54 Å². The molecule has 0 heterocycles. The van der Waals surface area contributed by atoms with Gasteiger partial charge in [0, 0.05) is 5.54 Å². The summed E-state index contributed by atoms with van der Waals surface area (Å²) in [5.74, 6) is 0.584. The summed E-state index contributed by atoms with van der Waals surface area (Å²) in [5.41, 5.74) is 6.70. The van der Waals surface area contributed by atoms with Crippen molar-refractivity contribution < 1.29 is 0 Å². The highest BCUT2D eigenvalue weighted by Gasteiger charge is 2.38. The van der Waals surface area contributed by atoms with Gasteiger partial charge in [0.25, 0.3) is 0 Å². The Morgan fingerprint density at radius 3 is 1.94 bits per heavy atom. The fraction of sp³-hybridized carbons (Fsp3) is 0.933. The second kappa shape index (κ2) is 4.75. The predicted octanol–water partition coefficient (Wildman–Crippen LogP) is 3.29. The summed E-state index contributed by atoms with van der Waals surface area (Å²) in [7, 11) is 0. The summed E-state index contributed by atoms with van der Waals surface area (Å²) in [5, 5.41) is 3.25. The van der Waals surface area contributed by atoms with Crippen LogP contribution in [0.1, 0.15) is 67.7 Å². The third kappa shape index (κ3) is 5.28. The van der Waals surface area contributed by atoms with Crippen molar-refractivity contribution >= 4 is 5.96 Å². The number of nitrogens with one attached hydrogen (secondary N) is 1. The molecule has 1 saturated carbocycles. The molecule has 0 bridgehead atoms. The molecule has 0 amide bonds. The average Bonchev–Trinajstić information content (AvgIpc) is 1.90. The van der Waals surface area contributed by atoms with E-state index in [1.165, 1.54) is 6.42 Å². The average molecular weight is 253 g/mol. The second-order valence-corrected chi connectivity index (χ2v) is 8.46. The van der Waals surface area contributed by atoms with Crippen LogP contribution in [0.2, 0.25) is 0 Å². The van der Waals surface area contributed by atoms with Crippen LogP contribution < -0.4 is 11.1 Å². The number of hydrogen-bond donors (Lipinski definition) is 2. The van der Waals surface area contributed by atoms with E-state index in [4.69, 9.17) is 10.7 Å². The van der Waals surface area contributed by atoms with Crippen molar-refractivity contribution in [2.75, 3.05) is 0 Å². The van der Waals surface area contributed by atoms with Gasteiger partial charge in [-0.2, -0.15) is 0 Å². The molecule has 0 unspecified atom stereocenters. The van der Waals surface area contributed by atoms with Crippen LogP contribution in [-0.2, 0) is 0 Å². The van der Waals surface area contributed by atoms with E-state index in [2.05, 4.69) is 53.8 Å². The molecule has 0 saturated heterocycles. The number of hydrogen-bond acceptors (Lipinski definition) is 1. The Hall–Kier alpha value is -0.730. The molecule has 1 fully saturated rings. The Labute approximate surface area is 113 Å². The van der Waals surface area contributed by atoms with Gasteiger partial charge in [-0.15, -0.1) is 0 Å². The zero-order valence-corrected chi connectivity index (χ0v) is 13.2. The van der Waals surface area contributed by atoms with Gasteiger partial charge in [-0.3, -0.25) is 4.99 Å². The van der Waals surface area contributed by atoms with E-state index in [0.717, 1.165) is 12.8 Å². The van der Waals surface area contributed by atoms with Crippen molar-refractivity contribution in [3.8, 4) is 0 Å². The van der Waals surface area contributed by atoms with Crippen molar-refractivity contribution in [3.05, 3.63) is 0 Å². The van der Waals surface area contributed by atoms with Gasteiger partial charge in [0.15, 0.2) is 5.96 Å². The quantitative estimate of drug-likeness (QED) is 0.556. The molecule has 0 radical (unpaired) electrons. The predicted molar refractivity (Wildman–Crippen MR) is 79.7 cm³/mol. The van der Waals surface area contributed by atoms with Crippen molar-refractivity contribution in [1.29, 1.82) is 0 Å². The van der Waals surface area contributed by atoms with Crippen LogP contribution >= 0.6 is 0 Å². The molecular formula is C15H31N3. The third-order valence-electron chi connectivity index (χ3n) is 3.36. The van der Waals surface area contributed by atoms with Crippen LogP contribution in [0.25, 0.3) is 0 Å². The van der Waals surface area contributed by atoms with E-state index in [1.54, 1.807) is 0 Å². The first kappa shape index (κ1) is 15.3. The molecule has 0 aromatic carbocycles. The highest BCUT2D eigenvalue weighted by molar-refractivity contribution is 5.78. The zero-order valence-electron chi connectivity index (χ0n) is 13.2. The number of nitrogens with two attached hydrogens (primary N) is 1. The highest BCUT2D eigenvalue weighted by Crippen LogP contribution is 2.46. The summed E-state index contributed by atoms with van der Waals surface area (Å²) in [6, 6.07) is 0.346. The molecule has 0 atom stereocenters. The molecule has 1 rings (SSSR count). The highest BCUT2D eigenvalue weighted by atomic mass is 15.1. The number of aliphatic imine (C=N–C) groups is 1. The van der Waals surface area contributed by atoms with E-state index in [0.29, 0.717) is 22.8 Å². The molecule has 18 heavy (non-hydrogen) atoms. The Morgan fingerprint density at radius 1 is 1.11 bits per heavy atom. The van der Waals surface area contributed by atoms with Gasteiger partial charge in [0.1, 0.15) is 0 Å². The van der Waals surface area contributed by atoms with Crippen LogP contribution in [0.5, 0.6) is 0 Å². The van der Waals surface area contributed by atoms with Crippen LogP contribution in [0.3, 0.4) is 0 Å². The maximum absolute atomic E-state index is 6.01. The summed E-state index contributed by atoms with van der Waals surface area (Å²) in [6.07, 6.45) is 3.52. The van der Waals surface area contributed by atoms with Crippen molar-refractivity contribution in [3.63, 3.8) is 0 Å². The molecule has 0 aromatic rings. The summed E-state index contributed by atoms with van der Waals surface area (Å²) < 4.78 is 0. The Kier molecular flexibility index (Phi) is 4.04. The van der Waals surface area contributed by atoms with Gasteiger partial charge in [0.05, 0.1) is 6.04 Å². The standard InChI is InChI=1S/C15H31N3/c1-13(2,3)18-12(16)17-11-8-14(4,5)10-15(6,7)9-11/h11H,8-10H2,1-7H3,(H3,16,17,18). The maximum atomic E-state index is 6.01. The SMILES string of the molecule is CC1(C)CC(N=C(N)NC(C)(C)C)CC(C)(C)C1. The molecule has 3 N–H and O–H groups in total. The maximum Gasteiger partial charge on any atom is 0.189 e. The zero-order chi connectivity index (χ0) is 14.2. The third-order valence-corrected chi connectivity index (χ3v) is 3.36. The summed E-state index contributed by atoms with van der Waals surface area (Å²) in [4.78, 5) is 4.70. The number of guanidine groups is 1. The second-order valence-electron chi connectivity index (χ2n) is 8.46. The van der Waals surface area contributed by atoms with Gasteiger partial charge < -0.3 is 11.1 Å². The molecule has 0 aliphatic heterocycles. The van der Waals surface area contributed by atoms with Crippen molar-refractivity contribution in [2.24, 2.45) is 21.6 Å². The van der Waals surface area contributed by atoms with Crippen LogP contribution in [0, 0.1) is 10.8 Å². The lowest BCUT2D eigenvalue weighted by Gasteiger charge is -2.43. The minimum Gasteiger partial charge on any atom is -0.370 e. The minimum atomic E-state index is -0.0205. The molecule has 3 heteroatoms. The molecule has 0 spiro atoms. The lowest BCUT2D eigenvalue weighted by molar-refractivity contribution is 0.0995. The van der Waals surface area contributed by atoms with Crippen LogP contribution in [0.4, 0.5) is 0 Å². The van der Waals surface area contributed by atoms with Crippen molar-refractivity contribution in [1.82, 2.24) is 5.32 Å². The van der Waals surface area contributed by atoms with Gasteiger partial charge in [-0.25, -0.2) is 0 Å². The fourth-order valence-corrected chi connectivity index (χ4v) is 3.49. The fourth-order valence-electron chi connectivity index (χ4n) is 3.49. The number of rotatable bonds is 1. The summed E-state index contributed by atoms with van der Waals surface area (Å²) in [6.45, 7) is 15.7. The largest absolute Gasteiger partial charge is 0.370 e. The van der Waals surface area contributed by atoms with Crippen molar-refractivity contribution in [2.45, 2.75) is 79.3 Å². The van der Waals surface area contributed by atoms with Gasteiger partial charge in [-0.05, 0) is 50.9 Å². The van der Waals surface area contributed by atoms with Gasteiger partial charge >= 0.3 is 0 Å². The van der Waals surface area contributed by atoms with E-state index < -0.39 is 0 Å². The van der Waals surface area contributed by atoms with Gasteiger partial charge in [0.2, 0.25) is 0 Å². The van der Waals surface area contributed by atoms with E-state index in [1.807, 2.05) is 0 Å². The minimum absolute atomic E-state index is 0.0205. The topological polar surface area (TPSA) is 50.4 Å². The smallest absolute Gasteiger partial charge is 0.189 e. The van der Waals surface area contributed by atoms with Crippen LogP contribution in [0.15, 0.2) is 4.99 Å². The van der Waals surface area contributed by atoms with E-state index >= 15 is 0 Å². The Morgan fingerprint density at radius 2 is 1.56 bits per heavy atom. The monoisotopic (exact) mass is 253 g/mol. The molecule has 1 aliphatic rings. The molecule has 1 aliphatic carbocycles.